The van der Waals surface area contributed by atoms with Crippen LogP contribution < -0.4 is 10.2 Å². The molecule has 3 rings (SSSR count). The molecule has 1 saturated heterocycles. The predicted octanol–water partition coefficient (Wildman–Crippen LogP) is 0.796. The normalized spacial score (nSPS) is 18.3. The largest absolute Gasteiger partial charge is 0.312 e. The van der Waals surface area contributed by atoms with Gasteiger partial charge in [0.15, 0.2) is 0 Å². The third kappa shape index (κ3) is 2.37. The third-order valence-corrected chi connectivity index (χ3v) is 3.22. The fourth-order valence-electron chi connectivity index (χ4n) is 2.23. The highest BCUT2D eigenvalue weighted by atomic mass is 16.2. The van der Waals surface area contributed by atoms with Crippen LogP contribution in [0.2, 0.25) is 0 Å². The third-order valence-electron chi connectivity index (χ3n) is 3.22. The van der Waals surface area contributed by atoms with Gasteiger partial charge in [-0.15, -0.1) is 0 Å². The summed E-state index contributed by atoms with van der Waals surface area (Å²) in [6.45, 7) is 0.378. The molecule has 20 heavy (non-hydrogen) atoms. The summed E-state index contributed by atoms with van der Waals surface area (Å²) in [5.41, 5.74) is 0.812. The molecule has 1 aliphatic rings. The van der Waals surface area contributed by atoms with Gasteiger partial charge in [-0.1, -0.05) is 18.2 Å². The number of H-pyrrole nitrogens is 1. The second-order valence-corrected chi connectivity index (χ2v) is 4.56. The monoisotopic (exact) mass is 271 g/mol. The molecule has 102 valence electrons. The van der Waals surface area contributed by atoms with E-state index in [-0.39, 0.29) is 24.2 Å². The zero-order valence-corrected chi connectivity index (χ0v) is 10.6. The second-order valence-electron chi connectivity index (χ2n) is 4.56. The fourth-order valence-corrected chi connectivity index (χ4v) is 2.23. The number of nitrogens with zero attached hydrogens (tertiary/aromatic N) is 3. The van der Waals surface area contributed by atoms with Gasteiger partial charge in [-0.2, -0.15) is 10.1 Å². The molecule has 2 heterocycles. The van der Waals surface area contributed by atoms with Crippen molar-refractivity contribution in [3.8, 4) is 0 Å². The number of benzene rings is 1. The van der Waals surface area contributed by atoms with Crippen molar-refractivity contribution in [2.45, 2.75) is 6.42 Å². The van der Waals surface area contributed by atoms with Crippen LogP contribution in [0.25, 0.3) is 0 Å². The molecule has 1 fully saturated rings. The molecule has 2 N–H and O–H groups in total. The summed E-state index contributed by atoms with van der Waals surface area (Å²) in [6, 6.07) is 9.33. The van der Waals surface area contributed by atoms with Gasteiger partial charge in [-0.25, -0.2) is 5.10 Å². The number of nitrogens with one attached hydrogen (secondary N) is 2. The number of aromatic amines is 1. The Kier molecular flexibility index (Phi) is 3.16. The van der Waals surface area contributed by atoms with E-state index in [4.69, 9.17) is 0 Å². The van der Waals surface area contributed by atoms with Crippen molar-refractivity contribution in [1.29, 1.82) is 0 Å². The molecule has 0 radical (unpaired) electrons. The molecule has 2 amide bonds. The summed E-state index contributed by atoms with van der Waals surface area (Å²) in [4.78, 5) is 29.5. The molecular weight excluding hydrogens is 258 g/mol. The molecule has 7 nitrogen and oxygen atoms in total. The van der Waals surface area contributed by atoms with E-state index in [1.54, 1.807) is 4.90 Å². The van der Waals surface area contributed by atoms with Gasteiger partial charge in [0.25, 0.3) is 0 Å². The van der Waals surface area contributed by atoms with Gasteiger partial charge >= 0.3 is 0 Å². The standard InChI is InChI=1S/C13H13N5O2/c19-11-6-9(12(20)16-13-14-8-15-17-13)7-18(11)10-4-2-1-3-5-10/h1-5,8-9H,6-7H2,(H2,14,15,16,17,20). The molecule has 0 spiro atoms. The quantitative estimate of drug-likeness (QED) is 0.863. The number of amides is 2. The van der Waals surface area contributed by atoms with Gasteiger partial charge in [0.1, 0.15) is 6.33 Å². The average molecular weight is 271 g/mol. The first-order valence-electron chi connectivity index (χ1n) is 6.25. The fraction of sp³-hybridized carbons (Fsp3) is 0.231. The Morgan fingerprint density at radius 3 is 2.85 bits per heavy atom. The van der Waals surface area contributed by atoms with Crippen LogP contribution in [0.3, 0.4) is 0 Å². The Morgan fingerprint density at radius 1 is 1.35 bits per heavy atom. The lowest BCUT2D eigenvalue weighted by molar-refractivity contribution is -0.122. The lowest BCUT2D eigenvalue weighted by Crippen LogP contribution is -2.28. The summed E-state index contributed by atoms with van der Waals surface area (Å²) >= 11 is 0. The van der Waals surface area contributed by atoms with Crippen molar-refractivity contribution in [2.24, 2.45) is 5.92 Å². The molecule has 1 aromatic carbocycles. The van der Waals surface area contributed by atoms with Crippen LogP contribution in [0.1, 0.15) is 6.42 Å². The Bertz CT molecular complexity index is 611. The molecule has 0 aliphatic carbocycles. The van der Waals surface area contributed by atoms with E-state index in [0.717, 1.165) is 5.69 Å². The highest BCUT2D eigenvalue weighted by Gasteiger charge is 2.35. The highest BCUT2D eigenvalue weighted by Crippen LogP contribution is 2.25. The van der Waals surface area contributed by atoms with Gasteiger partial charge in [0.05, 0.1) is 5.92 Å². The van der Waals surface area contributed by atoms with Crippen LogP contribution in [0.15, 0.2) is 36.7 Å². The summed E-state index contributed by atoms with van der Waals surface area (Å²) in [6.07, 6.45) is 1.51. The first kappa shape index (κ1) is 12.3. The van der Waals surface area contributed by atoms with Gasteiger partial charge in [0, 0.05) is 18.7 Å². The average Bonchev–Trinajstić information content (AvgIpc) is 3.09. The number of carbonyl (C=O) groups is 2. The van der Waals surface area contributed by atoms with Crippen molar-refractivity contribution >= 4 is 23.5 Å². The molecule has 1 atom stereocenters. The van der Waals surface area contributed by atoms with Crippen molar-refractivity contribution in [1.82, 2.24) is 15.2 Å². The maximum absolute atomic E-state index is 12.1. The molecular formula is C13H13N5O2. The van der Waals surface area contributed by atoms with Crippen LogP contribution in [0.4, 0.5) is 11.6 Å². The van der Waals surface area contributed by atoms with E-state index in [0.29, 0.717) is 12.5 Å². The van der Waals surface area contributed by atoms with Crippen LogP contribution in [0, 0.1) is 5.92 Å². The predicted molar refractivity (Wildman–Crippen MR) is 71.9 cm³/mol. The number of aromatic nitrogens is 3. The highest BCUT2D eigenvalue weighted by molar-refractivity contribution is 6.03. The first-order chi connectivity index (χ1) is 9.74. The van der Waals surface area contributed by atoms with Crippen molar-refractivity contribution in [3.05, 3.63) is 36.7 Å². The molecule has 7 heteroatoms. The number of para-hydroxylation sites is 1. The van der Waals surface area contributed by atoms with E-state index in [1.807, 2.05) is 30.3 Å². The summed E-state index contributed by atoms with van der Waals surface area (Å²) in [5.74, 6) is -0.365. The smallest absolute Gasteiger partial charge is 0.232 e. The Balaban J connectivity index is 1.69. The van der Waals surface area contributed by atoms with Crippen molar-refractivity contribution in [2.75, 3.05) is 16.8 Å². The van der Waals surface area contributed by atoms with Crippen molar-refractivity contribution < 1.29 is 9.59 Å². The maximum Gasteiger partial charge on any atom is 0.232 e. The van der Waals surface area contributed by atoms with E-state index >= 15 is 0 Å². The van der Waals surface area contributed by atoms with E-state index < -0.39 is 0 Å². The molecule has 0 saturated carbocycles. The number of hydrogen-bond acceptors (Lipinski definition) is 4. The minimum Gasteiger partial charge on any atom is -0.312 e. The number of anilines is 2. The minimum absolute atomic E-state index is 0.0473. The van der Waals surface area contributed by atoms with Crippen LogP contribution >= 0.6 is 0 Å². The molecule has 1 aromatic heterocycles. The topological polar surface area (TPSA) is 91.0 Å². The Morgan fingerprint density at radius 2 is 2.15 bits per heavy atom. The molecule has 1 aliphatic heterocycles. The SMILES string of the molecule is O=C(Nc1ncn[nH]1)C1CC(=O)N(c2ccccc2)C1. The summed E-state index contributed by atoms with van der Waals surface area (Å²) in [5, 5.41) is 8.81. The molecule has 2 aromatic rings. The van der Waals surface area contributed by atoms with Crippen LogP contribution in [0.5, 0.6) is 0 Å². The molecule has 0 bridgehead atoms. The zero-order chi connectivity index (χ0) is 13.9. The van der Waals surface area contributed by atoms with Gasteiger partial charge < -0.3 is 4.90 Å². The Hall–Kier alpha value is -2.70. The lowest BCUT2D eigenvalue weighted by atomic mass is 10.1. The first-order valence-corrected chi connectivity index (χ1v) is 6.25. The number of hydrogen-bond donors (Lipinski definition) is 2. The van der Waals surface area contributed by atoms with Crippen molar-refractivity contribution in [3.63, 3.8) is 0 Å². The van der Waals surface area contributed by atoms with Gasteiger partial charge in [-0.3, -0.25) is 14.9 Å². The second kappa shape index (κ2) is 5.12. The van der Waals surface area contributed by atoms with Gasteiger partial charge in [0.2, 0.25) is 17.8 Å². The maximum atomic E-state index is 12.1. The number of carbonyl (C=O) groups excluding carboxylic acids is 2. The minimum atomic E-state index is -0.382. The van der Waals surface area contributed by atoms with Crippen LogP contribution in [-0.2, 0) is 9.59 Å². The zero-order valence-electron chi connectivity index (χ0n) is 10.6. The lowest BCUT2D eigenvalue weighted by Gasteiger charge is -2.16. The Labute approximate surface area is 115 Å². The van der Waals surface area contributed by atoms with E-state index in [1.165, 1.54) is 6.33 Å². The number of rotatable bonds is 3. The van der Waals surface area contributed by atoms with E-state index in [2.05, 4.69) is 20.5 Å². The molecule has 1 unspecified atom stereocenters. The van der Waals surface area contributed by atoms with E-state index in [9.17, 15) is 9.59 Å². The summed E-state index contributed by atoms with van der Waals surface area (Å²) in [7, 11) is 0. The summed E-state index contributed by atoms with van der Waals surface area (Å²) < 4.78 is 0. The van der Waals surface area contributed by atoms with Gasteiger partial charge in [-0.05, 0) is 12.1 Å². The van der Waals surface area contributed by atoms with Crippen LogP contribution in [-0.4, -0.2) is 33.5 Å².